The van der Waals surface area contributed by atoms with Gasteiger partial charge < -0.3 is 10.4 Å². The Morgan fingerprint density at radius 1 is 1.05 bits per heavy atom. The second kappa shape index (κ2) is 5.28. The smallest absolute Gasteiger partial charge is 0.0830 e. The van der Waals surface area contributed by atoms with E-state index in [1.54, 1.807) is 0 Å². The number of aliphatic hydroxyl groups excluding tert-OH is 1. The van der Waals surface area contributed by atoms with Gasteiger partial charge in [0.15, 0.2) is 0 Å². The first-order valence-electron chi connectivity index (χ1n) is 7.93. The van der Waals surface area contributed by atoms with E-state index in [1.807, 2.05) is 0 Å². The summed E-state index contributed by atoms with van der Waals surface area (Å²) in [6, 6.07) is 15.1. The molecule has 2 aromatic rings. The topological polar surface area (TPSA) is 32.3 Å². The van der Waals surface area contributed by atoms with E-state index in [9.17, 15) is 5.11 Å². The summed E-state index contributed by atoms with van der Waals surface area (Å²) >= 11 is 0. The summed E-state index contributed by atoms with van der Waals surface area (Å²) in [7, 11) is 0. The van der Waals surface area contributed by atoms with Crippen molar-refractivity contribution in [1.29, 1.82) is 0 Å². The lowest BCUT2D eigenvalue weighted by molar-refractivity contribution is 0.0922. The van der Waals surface area contributed by atoms with Crippen LogP contribution >= 0.6 is 0 Å². The molecule has 108 valence electrons. The van der Waals surface area contributed by atoms with Gasteiger partial charge in [-0.2, -0.15) is 0 Å². The number of fused-ring (bicyclic) bond motifs is 3. The Labute approximate surface area is 125 Å². The van der Waals surface area contributed by atoms with Crippen molar-refractivity contribution in [2.45, 2.75) is 25.4 Å². The number of hydrogen-bond donors (Lipinski definition) is 2. The van der Waals surface area contributed by atoms with Crippen LogP contribution in [0.4, 0.5) is 0 Å². The van der Waals surface area contributed by atoms with Gasteiger partial charge in [-0.15, -0.1) is 0 Å². The predicted octanol–water partition coefficient (Wildman–Crippen LogP) is 3.29. The van der Waals surface area contributed by atoms with Crippen LogP contribution in [0, 0.1) is 5.92 Å². The van der Waals surface area contributed by atoms with Crippen molar-refractivity contribution in [3.63, 3.8) is 0 Å². The Bertz CT molecular complexity index is 658. The summed E-state index contributed by atoms with van der Waals surface area (Å²) in [6.45, 7) is 2.01. The summed E-state index contributed by atoms with van der Waals surface area (Å²) in [4.78, 5) is 0. The van der Waals surface area contributed by atoms with Crippen molar-refractivity contribution in [3.05, 3.63) is 59.2 Å². The van der Waals surface area contributed by atoms with Gasteiger partial charge in [-0.3, -0.25) is 0 Å². The molecule has 21 heavy (non-hydrogen) atoms. The molecule has 0 saturated carbocycles. The van der Waals surface area contributed by atoms with Crippen LogP contribution in [-0.2, 0) is 6.42 Å². The fourth-order valence-corrected chi connectivity index (χ4v) is 3.75. The van der Waals surface area contributed by atoms with Crippen LogP contribution in [0.5, 0.6) is 0 Å². The minimum atomic E-state index is -0.351. The average molecular weight is 279 g/mol. The van der Waals surface area contributed by atoms with E-state index in [2.05, 4.69) is 47.8 Å². The molecular weight excluding hydrogens is 258 g/mol. The Morgan fingerprint density at radius 3 is 2.76 bits per heavy atom. The van der Waals surface area contributed by atoms with E-state index >= 15 is 0 Å². The van der Waals surface area contributed by atoms with Crippen LogP contribution in [0.15, 0.2) is 42.5 Å². The van der Waals surface area contributed by atoms with Crippen molar-refractivity contribution >= 4 is 0 Å². The van der Waals surface area contributed by atoms with Gasteiger partial charge in [-0.05, 0) is 59.7 Å². The van der Waals surface area contributed by atoms with E-state index in [0.29, 0.717) is 5.92 Å². The fourth-order valence-electron chi connectivity index (χ4n) is 3.75. The van der Waals surface area contributed by atoms with Gasteiger partial charge in [0.05, 0.1) is 6.10 Å². The molecule has 0 amide bonds. The van der Waals surface area contributed by atoms with E-state index < -0.39 is 0 Å². The molecule has 2 aliphatic rings. The molecule has 4 rings (SSSR count). The maximum absolute atomic E-state index is 10.7. The summed E-state index contributed by atoms with van der Waals surface area (Å²) in [6.07, 6.45) is 2.94. The van der Waals surface area contributed by atoms with Crippen LogP contribution in [0.1, 0.15) is 35.6 Å². The van der Waals surface area contributed by atoms with Crippen LogP contribution in [0.2, 0.25) is 0 Å². The minimum Gasteiger partial charge on any atom is -0.388 e. The largest absolute Gasteiger partial charge is 0.388 e. The van der Waals surface area contributed by atoms with E-state index in [1.165, 1.54) is 22.3 Å². The number of rotatable bonds is 2. The van der Waals surface area contributed by atoms with Crippen molar-refractivity contribution in [3.8, 4) is 11.1 Å². The number of benzene rings is 2. The predicted molar refractivity (Wildman–Crippen MR) is 85.2 cm³/mol. The third-order valence-electron chi connectivity index (χ3n) is 4.95. The Kier molecular flexibility index (Phi) is 3.28. The van der Waals surface area contributed by atoms with Crippen LogP contribution in [-0.4, -0.2) is 18.2 Å². The van der Waals surface area contributed by atoms with Gasteiger partial charge in [0.25, 0.3) is 0 Å². The normalized spacial score (nSPS) is 21.7. The number of hydrogen-bond acceptors (Lipinski definition) is 2. The molecule has 2 aromatic carbocycles. The molecule has 2 atom stereocenters. The second-order valence-corrected chi connectivity index (χ2v) is 6.30. The number of nitrogens with one attached hydrogen (secondary N) is 1. The van der Waals surface area contributed by atoms with E-state index in [4.69, 9.17) is 0 Å². The lowest BCUT2D eigenvalue weighted by Crippen LogP contribution is -2.33. The molecule has 0 spiro atoms. The van der Waals surface area contributed by atoms with Gasteiger partial charge in [-0.25, -0.2) is 0 Å². The first-order valence-corrected chi connectivity index (χ1v) is 7.93. The highest BCUT2D eigenvalue weighted by Gasteiger charge is 2.25. The zero-order chi connectivity index (χ0) is 14.2. The Hall–Kier alpha value is -1.64. The molecule has 1 fully saturated rings. The monoisotopic (exact) mass is 279 g/mol. The minimum absolute atomic E-state index is 0.341. The molecule has 1 heterocycles. The zero-order valence-corrected chi connectivity index (χ0v) is 12.2. The van der Waals surface area contributed by atoms with Crippen molar-refractivity contribution in [1.82, 2.24) is 5.32 Å². The summed E-state index contributed by atoms with van der Waals surface area (Å²) in [5.41, 5.74) is 6.50. The summed E-state index contributed by atoms with van der Waals surface area (Å²) in [5, 5.41) is 14.1. The van der Waals surface area contributed by atoms with Gasteiger partial charge in [0, 0.05) is 12.5 Å². The average Bonchev–Trinajstić information content (AvgIpc) is 2.93. The molecule has 1 aliphatic heterocycles. The van der Waals surface area contributed by atoms with E-state index in [-0.39, 0.29) is 6.10 Å². The van der Waals surface area contributed by atoms with Crippen molar-refractivity contribution in [2.75, 3.05) is 13.1 Å². The van der Waals surface area contributed by atoms with Gasteiger partial charge >= 0.3 is 0 Å². The fraction of sp³-hybridized carbons (Fsp3) is 0.368. The van der Waals surface area contributed by atoms with Crippen molar-refractivity contribution < 1.29 is 5.11 Å². The quantitative estimate of drug-likeness (QED) is 0.754. The van der Waals surface area contributed by atoms with E-state index in [0.717, 1.165) is 37.9 Å². The summed E-state index contributed by atoms with van der Waals surface area (Å²) in [5.74, 6) is 0.341. The molecule has 0 radical (unpaired) electrons. The van der Waals surface area contributed by atoms with Crippen LogP contribution in [0.3, 0.4) is 0 Å². The lowest BCUT2D eigenvalue weighted by atomic mass is 9.88. The highest BCUT2D eigenvalue weighted by atomic mass is 16.3. The first kappa shape index (κ1) is 13.1. The molecule has 2 nitrogen and oxygen atoms in total. The maximum Gasteiger partial charge on any atom is 0.0830 e. The molecule has 1 saturated heterocycles. The second-order valence-electron chi connectivity index (χ2n) is 6.30. The highest BCUT2D eigenvalue weighted by Crippen LogP contribution is 2.39. The third kappa shape index (κ3) is 2.29. The van der Waals surface area contributed by atoms with Crippen LogP contribution < -0.4 is 5.32 Å². The zero-order valence-electron chi connectivity index (χ0n) is 12.2. The molecule has 2 N–H and O–H groups in total. The molecule has 0 bridgehead atoms. The molecule has 2 unspecified atom stereocenters. The van der Waals surface area contributed by atoms with Gasteiger partial charge in [-0.1, -0.05) is 36.4 Å². The highest BCUT2D eigenvalue weighted by molar-refractivity contribution is 5.77. The molecule has 1 aliphatic carbocycles. The Morgan fingerprint density at radius 2 is 1.90 bits per heavy atom. The molecular formula is C19H21NO. The first-order chi connectivity index (χ1) is 10.3. The molecule has 0 aromatic heterocycles. The summed E-state index contributed by atoms with van der Waals surface area (Å²) < 4.78 is 0. The van der Waals surface area contributed by atoms with Gasteiger partial charge in [0.1, 0.15) is 0 Å². The SMILES string of the molecule is OC(c1ccc2c(c1)-c1ccccc1C2)C1CCCNC1. The molecule has 2 heteroatoms. The lowest BCUT2D eigenvalue weighted by Gasteiger charge is -2.27. The Balaban J connectivity index is 1.67. The van der Waals surface area contributed by atoms with Crippen molar-refractivity contribution in [2.24, 2.45) is 5.92 Å². The van der Waals surface area contributed by atoms with Gasteiger partial charge in [0.2, 0.25) is 0 Å². The third-order valence-corrected chi connectivity index (χ3v) is 4.95. The van der Waals surface area contributed by atoms with Crippen LogP contribution in [0.25, 0.3) is 11.1 Å². The standard InChI is InChI=1S/C19H21NO/c21-19(16-5-3-9-20-12-16)15-8-7-14-10-13-4-1-2-6-17(13)18(14)11-15/h1-2,4,6-8,11,16,19-21H,3,5,9-10,12H2. The maximum atomic E-state index is 10.7. The number of aliphatic hydroxyl groups is 1. The number of piperidine rings is 1.